The fourth-order valence-corrected chi connectivity index (χ4v) is 5.20. The Balaban J connectivity index is 1.91. The summed E-state index contributed by atoms with van der Waals surface area (Å²) in [7, 11) is -4.02. The van der Waals surface area contributed by atoms with Crippen molar-refractivity contribution in [3.63, 3.8) is 0 Å². The first-order chi connectivity index (χ1) is 10.9. The molecule has 2 fully saturated rings. The Morgan fingerprint density at radius 2 is 1.87 bits per heavy atom. The number of hydrogen-bond acceptors (Lipinski definition) is 4. The molecule has 128 valence electrons. The average molecular weight is 347 g/mol. The topological polar surface area (TPSA) is 66.8 Å². The molecule has 0 spiro atoms. The molecule has 2 saturated heterocycles. The van der Waals surface area contributed by atoms with E-state index in [0.717, 1.165) is 12.1 Å². The molecule has 3 rings (SSSR count). The fourth-order valence-electron chi connectivity index (χ4n) is 3.42. The van der Waals surface area contributed by atoms with E-state index >= 15 is 0 Å². The highest BCUT2D eigenvalue weighted by atomic mass is 32.2. The summed E-state index contributed by atoms with van der Waals surface area (Å²) in [6.45, 7) is 1.01. The maximum absolute atomic E-state index is 13.4. The van der Waals surface area contributed by atoms with Crippen molar-refractivity contribution in [2.45, 2.75) is 36.3 Å². The lowest BCUT2D eigenvalue weighted by molar-refractivity contribution is -0.0543. The fraction of sp³-hybridized carbons (Fsp3) is 0.600. The van der Waals surface area contributed by atoms with Crippen molar-refractivity contribution in [3.8, 4) is 0 Å². The zero-order valence-electron chi connectivity index (χ0n) is 12.5. The molecular formula is C15H19F2NO4S. The first-order valence-corrected chi connectivity index (χ1v) is 9.07. The van der Waals surface area contributed by atoms with Crippen LogP contribution in [0.25, 0.3) is 0 Å². The van der Waals surface area contributed by atoms with E-state index in [-0.39, 0.29) is 19.1 Å². The molecule has 0 unspecified atom stereocenters. The molecule has 0 saturated carbocycles. The van der Waals surface area contributed by atoms with Gasteiger partial charge in [0.2, 0.25) is 10.0 Å². The monoisotopic (exact) mass is 347 g/mol. The second kappa shape index (κ2) is 6.43. The minimum Gasteiger partial charge on any atom is -0.393 e. The summed E-state index contributed by atoms with van der Waals surface area (Å²) in [5, 5.41) is 10.2. The van der Waals surface area contributed by atoms with Crippen LogP contribution in [0.3, 0.4) is 0 Å². The van der Waals surface area contributed by atoms with Crippen molar-refractivity contribution >= 4 is 10.0 Å². The number of nitrogens with zero attached hydrogens (tertiary/aromatic N) is 1. The van der Waals surface area contributed by atoms with Gasteiger partial charge in [-0.2, -0.15) is 4.31 Å². The molecule has 8 heteroatoms. The van der Waals surface area contributed by atoms with Crippen LogP contribution in [0, 0.1) is 17.6 Å². The minimum absolute atomic E-state index is 0.272. The minimum atomic E-state index is -4.02. The molecular weight excluding hydrogens is 328 g/mol. The Labute approximate surface area is 133 Å². The van der Waals surface area contributed by atoms with Crippen LogP contribution < -0.4 is 0 Å². The number of hydrogen-bond donors (Lipinski definition) is 1. The van der Waals surface area contributed by atoms with Crippen LogP contribution >= 0.6 is 0 Å². The van der Waals surface area contributed by atoms with Gasteiger partial charge in [0.1, 0.15) is 11.6 Å². The third-order valence-corrected chi connectivity index (χ3v) is 6.45. The highest BCUT2D eigenvalue weighted by Crippen LogP contribution is 2.34. The molecule has 0 aromatic heterocycles. The van der Waals surface area contributed by atoms with Crippen LogP contribution in [0.2, 0.25) is 0 Å². The largest absolute Gasteiger partial charge is 0.393 e. The van der Waals surface area contributed by atoms with Crippen LogP contribution in [-0.2, 0) is 14.8 Å². The molecule has 3 atom stereocenters. The molecule has 1 N–H and O–H groups in total. The quantitative estimate of drug-likeness (QED) is 0.900. The van der Waals surface area contributed by atoms with E-state index in [9.17, 15) is 22.3 Å². The second-order valence-corrected chi connectivity index (χ2v) is 7.92. The van der Waals surface area contributed by atoms with Crippen molar-refractivity contribution in [3.05, 3.63) is 29.8 Å². The Kier molecular flexibility index (Phi) is 4.68. The maximum atomic E-state index is 13.4. The molecule has 2 heterocycles. The zero-order valence-corrected chi connectivity index (χ0v) is 13.3. The summed E-state index contributed by atoms with van der Waals surface area (Å²) in [6.07, 6.45) is 1.07. The van der Waals surface area contributed by atoms with Crippen molar-refractivity contribution in [1.82, 2.24) is 4.31 Å². The van der Waals surface area contributed by atoms with Crippen LogP contribution in [0.4, 0.5) is 8.78 Å². The number of aliphatic hydroxyl groups excluding tert-OH is 1. The van der Waals surface area contributed by atoms with Gasteiger partial charge in [-0.25, -0.2) is 17.2 Å². The Bertz CT molecular complexity index is 662. The van der Waals surface area contributed by atoms with Crippen LogP contribution in [0.1, 0.15) is 19.3 Å². The van der Waals surface area contributed by atoms with Gasteiger partial charge in [0, 0.05) is 31.2 Å². The summed E-state index contributed by atoms with van der Waals surface area (Å²) >= 11 is 0. The van der Waals surface area contributed by atoms with Gasteiger partial charge in [-0.3, -0.25) is 0 Å². The van der Waals surface area contributed by atoms with E-state index in [1.54, 1.807) is 0 Å². The molecule has 1 aromatic carbocycles. The normalized spacial score (nSPS) is 29.8. The molecule has 1 aromatic rings. The lowest BCUT2D eigenvalue weighted by atomic mass is 9.90. The summed E-state index contributed by atoms with van der Waals surface area (Å²) < 4.78 is 58.9. The summed E-state index contributed by atoms with van der Waals surface area (Å²) in [5.41, 5.74) is 0. The smallest absolute Gasteiger partial charge is 0.243 e. The maximum Gasteiger partial charge on any atom is 0.243 e. The van der Waals surface area contributed by atoms with Gasteiger partial charge in [-0.1, -0.05) is 0 Å². The number of benzene rings is 1. The van der Waals surface area contributed by atoms with E-state index in [1.165, 1.54) is 4.31 Å². The van der Waals surface area contributed by atoms with Gasteiger partial charge >= 0.3 is 0 Å². The lowest BCUT2D eigenvalue weighted by Gasteiger charge is -2.36. The Hall–Kier alpha value is -1.09. The number of sulfonamides is 1. The molecule has 2 aliphatic heterocycles. The highest BCUT2D eigenvalue weighted by Gasteiger charge is 2.43. The third-order valence-electron chi connectivity index (χ3n) is 4.55. The van der Waals surface area contributed by atoms with Crippen LogP contribution in [0.5, 0.6) is 0 Å². The molecule has 0 aliphatic carbocycles. The highest BCUT2D eigenvalue weighted by molar-refractivity contribution is 7.89. The van der Waals surface area contributed by atoms with Gasteiger partial charge in [0.25, 0.3) is 0 Å². The zero-order chi connectivity index (χ0) is 16.6. The molecule has 0 amide bonds. The first kappa shape index (κ1) is 16.8. The molecule has 0 bridgehead atoms. The summed E-state index contributed by atoms with van der Waals surface area (Å²) in [5.74, 6) is -2.18. The summed E-state index contributed by atoms with van der Waals surface area (Å²) in [6, 6.07) is 1.86. The van der Waals surface area contributed by atoms with Crippen LogP contribution in [-0.4, -0.2) is 49.7 Å². The SMILES string of the molecule is O=S(=O)(c1cc(F)cc(F)c1)N1CCC[C@@H]1[C@@H]1COCC[C@H]1O. The predicted octanol–water partition coefficient (Wildman–Crippen LogP) is 1.52. The number of rotatable bonds is 3. The van der Waals surface area contributed by atoms with E-state index in [0.29, 0.717) is 31.9 Å². The third kappa shape index (κ3) is 3.26. The van der Waals surface area contributed by atoms with E-state index in [1.807, 2.05) is 0 Å². The van der Waals surface area contributed by atoms with Gasteiger partial charge in [0.15, 0.2) is 0 Å². The second-order valence-electron chi connectivity index (χ2n) is 6.03. The Morgan fingerprint density at radius 3 is 2.52 bits per heavy atom. The molecule has 2 aliphatic rings. The number of halogens is 2. The van der Waals surface area contributed by atoms with Crippen molar-refractivity contribution in [2.75, 3.05) is 19.8 Å². The molecule has 5 nitrogen and oxygen atoms in total. The van der Waals surface area contributed by atoms with E-state index < -0.39 is 38.7 Å². The van der Waals surface area contributed by atoms with E-state index in [4.69, 9.17) is 4.74 Å². The van der Waals surface area contributed by atoms with Crippen molar-refractivity contribution in [2.24, 2.45) is 5.92 Å². The van der Waals surface area contributed by atoms with Gasteiger partial charge in [-0.15, -0.1) is 0 Å². The molecule has 23 heavy (non-hydrogen) atoms. The van der Waals surface area contributed by atoms with E-state index in [2.05, 4.69) is 0 Å². The summed E-state index contributed by atoms with van der Waals surface area (Å²) in [4.78, 5) is -0.395. The number of aliphatic hydroxyl groups is 1. The van der Waals surface area contributed by atoms with Gasteiger partial charge in [-0.05, 0) is 31.4 Å². The van der Waals surface area contributed by atoms with Crippen molar-refractivity contribution < 1.29 is 27.0 Å². The van der Waals surface area contributed by atoms with Gasteiger partial charge in [0.05, 0.1) is 17.6 Å². The first-order valence-electron chi connectivity index (χ1n) is 7.63. The average Bonchev–Trinajstić information content (AvgIpc) is 2.96. The van der Waals surface area contributed by atoms with Crippen LogP contribution in [0.15, 0.2) is 23.1 Å². The van der Waals surface area contributed by atoms with Gasteiger partial charge < -0.3 is 9.84 Å². The lowest BCUT2D eigenvalue weighted by Crippen LogP contribution is -2.48. The van der Waals surface area contributed by atoms with Crippen molar-refractivity contribution in [1.29, 1.82) is 0 Å². The Morgan fingerprint density at radius 1 is 1.17 bits per heavy atom. The standard InChI is InChI=1S/C15H19F2NO4S/c16-10-6-11(17)8-12(7-10)23(20,21)18-4-1-2-14(18)13-9-22-5-3-15(13)19/h6-8,13-15,19H,1-5,9H2/t13-,14+,15+/m0/s1. The predicted molar refractivity (Wildman–Crippen MR) is 78.2 cm³/mol. The number of ether oxygens (including phenoxy) is 1. The molecule has 0 radical (unpaired) electrons.